The molecule has 0 saturated heterocycles. The number of rotatable bonds is 6. The Bertz CT molecular complexity index is 582. The maximum atomic E-state index is 12.2. The standard InChI is InChI=1S/C14H18N4OS/c1-3-6-15-13-11(5-4-7-16-13)14(19)18-9-12-17-8-10(2)20-12/h4-5,7-8H,3,6,9H2,1-2H3,(H,15,16)(H,18,19). The lowest BCUT2D eigenvalue weighted by molar-refractivity contribution is 0.0951. The molecular weight excluding hydrogens is 272 g/mol. The van der Waals surface area contributed by atoms with Gasteiger partial charge >= 0.3 is 0 Å². The van der Waals surface area contributed by atoms with Gasteiger partial charge in [0.05, 0.1) is 12.1 Å². The van der Waals surface area contributed by atoms with Crippen LogP contribution in [0.25, 0.3) is 0 Å². The van der Waals surface area contributed by atoms with Gasteiger partial charge in [-0.15, -0.1) is 11.3 Å². The number of aromatic nitrogens is 2. The summed E-state index contributed by atoms with van der Waals surface area (Å²) in [6.45, 7) is 5.31. The number of nitrogens with zero attached hydrogens (tertiary/aromatic N) is 2. The number of thiazole rings is 1. The van der Waals surface area contributed by atoms with Crippen molar-refractivity contribution in [2.75, 3.05) is 11.9 Å². The number of amides is 1. The van der Waals surface area contributed by atoms with Crippen LogP contribution in [0, 0.1) is 6.92 Å². The van der Waals surface area contributed by atoms with Crippen molar-refractivity contribution in [2.24, 2.45) is 0 Å². The van der Waals surface area contributed by atoms with Gasteiger partial charge in [-0.3, -0.25) is 4.79 Å². The zero-order valence-electron chi connectivity index (χ0n) is 11.6. The molecule has 0 atom stereocenters. The quantitative estimate of drug-likeness (QED) is 0.858. The minimum absolute atomic E-state index is 0.135. The molecule has 2 rings (SSSR count). The molecule has 0 aliphatic carbocycles. The first kappa shape index (κ1) is 14.5. The smallest absolute Gasteiger partial charge is 0.255 e. The highest BCUT2D eigenvalue weighted by molar-refractivity contribution is 7.11. The number of anilines is 1. The average Bonchev–Trinajstić information content (AvgIpc) is 2.88. The lowest BCUT2D eigenvalue weighted by Gasteiger charge is -2.09. The molecule has 2 aromatic rings. The fourth-order valence-electron chi connectivity index (χ4n) is 1.71. The first-order valence-corrected chi connectivity index (χ1v) is 7.40. The van der Waals surface area contributed by atoms with E-state index in [0.29, 0.717) is 17.9 Å². The van der Waals surface area contributed by atoms with Crippen molar-refractivity contribution in [3.05, 3.63) is 40.0 Å². The first-order chi connectivity index (χ1) is 9.70. The second-order valence-electron chi connectivity index (χ2n) is 4.37. The van der Waals surface area contributed by atoms with Crippen molar-refractivity contribution in [3.63, 3.8) is 0 Å². The topological polar surface area (TPSA) is 66.9 Å². The number of hydrogen-bond donors (Lipinski definition) is 2. The fourth-order valence-corrected chi connectivity index (χ4v) is 2.43. The highest BCUT2D eigenvalue weighted by Crippen LogP contribution is 2.13. The van der Waals surface area contributed by atoms with Crippen LogP contribution in [0.2, 0.25) is 0 Å². The fraction of sp³-hybridized carbons (Fsp3) is 0.357. The van der Waals surface area contributed by atoms with Crippen molar-refractivity contribution in [2.45, 2.75) is 26.8 Å². The van der Waals surface area contributed by atoms with Crippen molar-refractivity contribution in [3.8, 4) is 0 Å². The summed E-state index contributed by atoms with van der Waals surface area (Å²) in [7, 11) is 0. The van der Waals surface area contributed by atoms with E-state index < -0.39 is 0 Å². The molecule has 0 aliphatic rings. The van der Waals surface area contributed by atoms with Crippen molar-refractivity contribution in [1.82, 2.24) is 15.3 Å². The molecule has 6 heteroatoms. The molecule has 0 bridgehead atoms. The zero-order valence-corrected chi connectivity index (χ0v) is 12.5. The summed E-state index contributed by atoms with van der Waals surface area (Å²) in [5, 5.41) is 6.94. The minimum atomic E-state index is -0.135. The van der Waals surface area contributed by atoms with Crippen LogP contribution in [-0.4, -0.2) is 22.4 Å². The Hall–Kier alpha value is -1.95. The Balaban J connectivity index is 2.01. The molecule has 0 aliphatic heterocycles. The van der Waals surface area contributed by atoms with Gasteiger partial charge in [0.1, 0.15) is 10.8 Å². The Labute approximate surface area is 122 Å². The highest BCUT2D eigenvalue weighted by atomic mass is 32.1. The maximum Gasteiger partial charge on any atom is 0.255 e. The van der Waals surface area contributed by atoms with Crippen molar-refractivity contribution >= 4 is 23.1 Å². The monoisotopic (exact) mass is 290 g/mol. The molecule has 2 heterocycles. The van der Waals surface area contributed by atoms with Gasteiger partial charge in [-0.25, -0.2) is 9.97 Å². The van der Waals surface area contributed by atoms with Crippen LogP contribution >= 0.6 is 11.3 Å². The van der Waals surface area contributed by atoms with Crippen molar-refractivity contribution in [1.29, 1.82) is 0 Å². The van der Waals surface area contributed by atoms with E-state index in [2.05, 4.69) is 27.5 Å². The molecule has 0 saturated carbocycles. The number of aryl methyl sites for hydroxylation is 1. The van der Waals surface area contributed by atoms with Gasteiger partial charge < -0.3 is 10.6 Å². The maximum absolute atomic E-state index is 12.2. The molecule has 0 fully saturated rings. The molecule has 106 valence electrons. The second kappa shape index (κ2) is 7.00. The number of carbonyl (C=O) groups excluding carboxylic acids is 1. The Morgan fingerprint density at radius 2 is 2.25 bits per heavy atom. The summed E-state index contributed by atoms with van der Waals surface area (Å²) in [5.74, 6) is 0.492. The van der Waals surface area contributed by atoms with Crippen molar-refractivity contribution < 1.29 is 4.79 Å². The molecule has 0 radical (unpaired) electrons. The van der Waals surface area contributed by atoms with Crippen LogP contribution in [0.15, 0.2) is 24.5 Å². The van der Waals surface area contributed by atoms with Crippen LogP contribution in [0.4, 0.5) is 5.82 Å². The van der Waals surface area contributed by atoms with E-state index in [-0.39, 0.29) is 5.91 Å². The summed E-state index contributed by atoms with van der Waals surface area (Å²) in [6.07, 6.45) is 4.47. The van der Waals surface area contributed by atoms with E-state index in [4.69, 9.17) is 0 Å². The lowest BCUT2D eigenvalue weighted by atomic mass is 10.2. The molecule has 0 spiro atoms. The van der Waals surface area contributed by atoms with Gasteiger partial charge in [-0.05, 0) is 25.5 Å². The summed E-state index contributed by atoms with van der Waals surface area (Å²) in [4.78, 5) is 21.8. The largest absolute Gasteiger partial charge is 0.369 e. The van der Waals surface area contributed by atoms with E-state index in [1.807, 2.05) is 13.1 Å². The third-order valence-electron chi connectivity index (χ3n) is 2.66. The van der Waals surface area contributed by atoms with E-state index in [9.17, 15) is 4.79 Å². The Morgan fingerprint density at radius 1 is 1.40 bits per heavy atom. The van der Waals surface area contributed by atoms with Gasteiger partial charge in [-0.1, -0.05) is 6.92 Å². The molecule has 2 aromatic heterocycles. The van der Waals surface area contributed by atoms with E-state index in [1.165, 1.54) is 0 Å². The number of carbonyl (C=O) groups is 1. The van der Waals surface area contributed by atoms with Crippen LogP contribution in [-0.2, 0) is 6.54 Å². The Kier molecular flexibility index (Phi) is 5.06. The normalized spacial score (nSPS) is 10.3. The van der Waals surface area contributed by atoms with E-state index >= 15 is 0 Å². The third-order valence-corrected chi connectivity index (χ3v) is 3.58. The van der Waals surface area contributed by atoms with Crippen LogP contribution in [0.5, 0.6) is 0 Å². The van der Waals surface area contributed by atoms with Crippen LogP contribution in [0.3, 0.4) is 0 Å². The minimum Gasteiger partial charge on any atom is -0.369 e. The second-order valence-corrected chi connectivity index (χ2v) is 5.69. The molecule has 0 unspecified atom stereocenters. The number of nitrogens with one attached hydrogen (secondary N) is 2. The van der Waals surface area contributed by atoms with Crippen LogP contribution < -0.4 is 10.6 Å². The Morgan fingerprint density at radius 3 is 2.95 bits per heavy atom. The van der Waals surface area contributed by atoms with E-state index in [0.717, 1.165) is 22.9 Å². The van der Waals surface area contributed by atoms with Gasteiger partial charge in [-0.2, -0.15) is 0 Å². The SMILES string of the molecule is CCCNc1ncccc1C(=O)NCc1ncc(C)s1. The lowest BCUT2D eigenvalue weighted by Crippen LogP contribution is -2.24. The van der Waals surface area contributed by atoms with Crippen LogP contribution in [0.1, 0.15) is 33.6 Å². The molecule has 5 nitrogen and oxygen atoms in total. The summed E-state index contributed by atoms with van der Waals surface area (Å²) in [5.41, 5.74) is 0.564. The molecule has 1 amide bonds. The third kappa shape index (κ3) is 3.77. The summed E-state index contributed by atoms with van der Waals surface area (Å²) in [6, 6.07) is 3.53. The summed E-state index contributed by atoms with van der Waals surface area (Å²) >= 11 is 1.59. The summed E-state index contributed by atoms with van der Waals surface area (Å²) < 4.78 is 0. The molecule has 0 aromatic carbocycles. The zero-order chi connectivity index (χ0) is 14.4. The molecule has 20 heavy (non-hydrogen) atoms. The van der Waals surface area contributed by atoms with Gasteiger partial charge in [0.2, 0.25) is 0 Å². The van der Waals surface area contributed by atoms with Gasteiger partial charge in [0.15, 0.2) is 0 Å². The predicted octanol–water partition coefficient (Wildman–Crippen LogP) is 2.60. The van der Waals surface area contributed by atoms with E-state index in [1.54, 1.807) is 29.7 Å². The molecule has 2 N–H and O–H groups in total. The number of hydrogen-bond acceptors (Lipinski definition) is 5. The predicted molar refractivity (Wildman–Crippen MR) is 81.0 cm³/mol. The first-order valence-electron chi connectivity index (χ1n) is 6.59. The molecular formula is C14H18N4OS. The average molecular weight is 290 g/mol. The van der Waals surface area contributed by atoms with Gasteiger partial charge in [0, 0.05) is 23.8 Å². The number of pyridine rings is 1. The highest BCUT2D eigenvalue weighted by Gasteiger charge is 2.12. The van der Waals surface area contributed by atoms with Gasteiger partial charge in [0.25, 0.3) is 5.91 Å².